The van der Waals surface area contributed by atoms with Crippen LogP contribution in [0, 0.1) is 11.3 Å². The molecule has 2 aromatic heterocycles. The number of hydrogen-bond donors (Lipinski definition) is 1. The molecule has 2 heterocycles. The van der Waals surface area contributed by atoms with Gasteiger partial charge in [0.05, 0.1) is 10.6 Å². The maximum absolute atomic E-state index is 12.1. The molecule has 0 bridgehead atoms. The smallest absolute Gasteiger partial charge is 0.266 e. The van der Waals surface area contributed by atoms with Crippen LogP contribution in [0.15, 0.2) is 57.1 Å². The Hall–Kier alpha value is -2.16. The van der Waals surface area contributed by atoms with Crippen molar-refractivity contribution in [2.75, 3.05) is 0 Å². The molecule has 1 aromatic carbocycles. The molecule has 5 heteroatoms. The quantitative estimate of drug-likeness (QED) is 0.739. The number of nitrogens with one attached hydrogen (secondary N) is 1. The second-order valence-corrected chi connectivity index (χ2v) is 6.26. The van der Waals surface area contributed by atoms with Gasteiger partial charge in [-0.3, -0.25) is 4.79 Å². The summed E-state index contributed by atoms with van der Waals surface area (Å²) < 4.78 is 0.952. The van der Waals surface area contributed by atoms with Gasteiger partial charge in [0.25, 0.3) is 5.56 Å². The third-order valence-corrected chi connectivity index (χ3v) is 4.52. The minimum absolute atomic E-state index is 0.137. The van der Waals surface area contributed by atoms with Gasteiger partial charge < -0.3 is 4.98 Å². The van der Waals surface area contributed by atoms with Crippen molar-refractivity contribution in [3.63, 3.8) is 0 Å². The Balaban J connectivity index is 2.25. The summed E-state index contributed by atoms with van der Waals surface area (Å²) in [6, 6.07) is 15.3. The fourth-order valence-electron chi connectivity index (χ4n) is 2.09. The summed E-state index contributed by atoms with van der Waals surface area (Å²) in [5.41, 5.74) is 2.00. The summed E-state index contributed by atoms with van der Waals surface area (Å²) in [5, 5.41) is 11.2. The highest BCUT2D eigenvalue weighted by atomic mass is 79.9. The minimum atomic E-state index is -0.360. The van der Waals surface area contributed by atoms with Crippen LogP contribution in [0.2, 0.25) is 0 Å². The van der Waals surface area contributed by atoms with Crippen molar-refractivity contribution < 1.29 is 0 Å². The topological polar surface area (TPSA) is 56.6 Å². The summed E-state index contributed by atoms with van der Waals surface area (Å²) in [4.78, 5) is 15.9. The summed E-state index contributed by atoms with van der Waals surface area (Å²) in [7, 11) is 0. The number of H-pyrrole nitrogens is 1. The van der Waals surface area contributed by atoms with E-state index in [2.05, 4.69) is 20.9 Å². The summed E-state index contributed by atoms with van der Waals surface area (Å²) in [5.74, 6) is 0. The molecule has 0 unspecified atom stereocenters. The van der Waals surface area contributed by atoms with Gasteiger partial charge in [-0.2, -0.15) is 5.26 Å². The van der Waals surface area contributed by atoms with Gasteiger partial charge >= 0.3 is 0 Å². The highest BCUT2D eigenvalue weighted by Gasteiger charge is 2.12. The minimum Gasteiger partial charge on any atom is -0.320 e. The maximum atomic E-state index is 12.1. The molecule has 0 atom stereocenters. The molecule has 0 spiro atoms. The number of benzene rings is 1. The number of pyridine rings is 1. The van der Waals surface area contributed by atoms with E-state index < -0.39 is 0 Å². The Morgan fingerprint density at radius 2 is 1.95 bits per heavy atom. The van der Waals surface area contributed by atoms with Crippen molar-refractivity contribution in [3.05, 3.63) is 68.2 Å². The number of nitriles is 1. The molecule has 3 nitrogen and oxygen atoms in total. The van der Waals surface area contributed by atoms with E-state index in [-0.39, 0.29) is 11.1 Å². The van der Waals surface area contributed by atoms with E-state index in [1.807, 2.05) is 53.9 Å². The van der Waals surface area contributed by atoms with E-state index in [1.54, 1.807) is 11.3 Å². The molecule has 0 amide bonds. The van der Waals surface area contributed by atoms with E-state index in [0.29, 0.717) is 5.56 Å². The summed E-state index contributed by atoms with van der Waals surface area (Å²) in [6.45, 7) is 0. The maximum Gasteiger partial charge on any atom is 0.266 e. The van der Waals surface area contributed by atoms with Crippen LogP contribution in [-0.4, -0.2) is 4.98 Å². The van der Waals surface area contributed by atoms with Gasteiger partial charge in [-0.15, -0.1) is 11.3 Å². The third kappa shape index (κ3) is 2.68. The first-order chi connectivity index (χ1) is 10.2. The van der Waals surface area contributed by atoms with Gasteiger partial charge in [-0.1, -0.05) is 34.1 Å². The van der Waals surface area contributed by atoms with Crippen molar-refractivity contribution >= 4 is 27.3 Å². The first-order valence-electron chi connectivity index (χ1n) is 6.16. The highest BCUT2D eigenvalue weighted by molar-refractivity contribution is 9.10. The zero-order valence-electron chi connectivity index (χ0n) is 10.8. The lowest BCUT2D eigenvalue weighted by atomic mass is 10.0. The lowest BCUT2D eigenvalue weighted by Crippen LogP contribution is -2.12. The molecule has 21 heavy (non-hydrogen) atoms. The Bertz CT molecular complexity index is 874. The molecule has 3 rings (SSSR count). The summed E-state index contributed by atoms with van der Waals surface area (Å²) >= 11 is 4.93. The number of rotatable bonds is 2. The van der Waals surface area contributed by atoms with Crippen LogP contribution in [0.3, 0.4) is 0 Å². The van der Waals surface area contributed by atoms with Crippen LogP contribution in [0.1, 0.15) is 5.56 Å². The van der Waals surface area contributed by atoms with Crippen LogP contribution in [0.25, 0.3) is 21.7 Å². The number of halogens is 1. The van der Waals surface area contributed by atoms with Gasteiger partial charge in [-0.05, 0) is 35.2 Å². The average molecular weight is 357 g/mol. The van der Waals surface area contributed by atoms with Gasteiger partial charge in [0, 0.05) is 10.0 Å². The molecule has 0 saturated heterocycles. The Kier molecular flexibility index (Phi) is 3.74. The van der Waals surface area contributed by atoms with Crippen LogP contribution >= 0.6 is 27.3 Å². The first-order valence-corrected chi connectivity index (χ1v) is 7.83. The van der Waals surface area contributed by atoms with E-state index in [9.17, 15) is 10.1 Å². The monoisotopic (exact) mass is 356 g/mol. The fourth-order valence-corrected chi connectivity index (χ4v) is 3.05. The normalized spacial score (nSPS) is 10.3. The number of thiophene rings is 1. The molecular weight excluding hydrogens is 348 g/mol. The largest absolute Gasteiger partial charge is 0.320 e. The van der Waals surface area contributed by atoms with Crippen LogP contribution in [0.4, 0.5) is 0 Å². The molecular formula is C16H9BrN2OS. The van der Waals surface area contributed by atoms with E-state index in [1.165, 1.54) is 0 Å². The number of hydrogen-bond acceptors (Lipinski definition) is 3. The van der Waals surface area contributed by atoms with Gasteiger partial charge in [0.2, 0.25) is 0 Å². The average Bonchev–Trinajstić information content (AvgIpc) is 3.01. The van der Waals surface area contributed by atoms with Gasteiger partial charge in [0.15, 0.2) is 0 Å². The second kappa shape index (κ2) is 5.68. The lowest BCUT2D eigenvalue weighted by molar-refractivity contribution is 1.22. The summed E-state index contributed by atoms with van der Waals surface area (Å²) in [6.07, 6.45) is 0. The Morgan fingerprint density at radius 1 is 1.19 bits per heavy atom. The van der Waals surface area contributed by atoms with E-state index in [0.717, 1.165) is 20.6 Å². The number of aromatic nitrogens is 1. The molecule has 0 aliphatic carbocycles. The molecule has 3 aromatic rings. The van der Waals surface area contributed by atoms with Gasteiger partial charge in [0.1, 0.15) is 11.6 Å². The van der Waals surface area contributed by atoms with E-state index in [4.69, 9.17) is 0 Å². The highest BCUT2D eigenvalue weighted by Crippen LogP contribution is 2.29. The van der Waals surface area contributed by atoms with Crippen molar-refractivity contribution in [1.29, 1.82) is 5.26 Å². The third-order valence-electron chi connectivity index (χ3n) is 3.09. The Morgan fingerprint density at radius 3 is 2.57 bits per heavy atom. The van der Waals surface area contributed by atoms with Crippen LogP contribution in [0.5, 0.6) is 0 Å². The molecule has 0 aliphatic rings. The molecule has 0 radical (unpaired) electrons. The standard InChI is InChI=1S/C16H9BrN2OS/c17-11-5-3-10(4-6-11)12-8-14(15-2-1-7-21-15)19-16(20)13(12)9-18/h1-8H,(H,19,20). The predicted molar refractivity (Wildman–Crippen MR) is 88.2 cm³/mol. The predicted octanol–water partition coefficient (Wildman–Crippen LogP) is 4.40. The first kappa shape index (κ1) is 13.8. The Labute approximate surface area is 133 Å². The zero-order valence-corrected chi connectivity index (χ0v) is 13.2. The van der Waals surface area contributed by atoms with Crippen LogP contribution < -0.4 is 5.56 Å². The second-order valence-electron chi connectivity index (χ2n) is 4.40. The van der Waals surface area contributed by atoms with E-state index >= 15 is 0 Å². The van der Waals surface area contributed by atoms with Crippen molar-refractivity contribution in [1.82, 2.24) is 4.98 Å². The molecule has 0 fully saturated rings. The van der Waals surface area contributed by atoms with Crippen molar-refractivity contribution in [3.8, 4) is 27.8 Å². The van der Waals surface area contributed by atoms with Crippen LogP contribution in [-0.2, 0) is 0 Å². The fraction of sp³-hybridized carbons (Fsp3) is 0. The molecule has 1 N–H and O–H groups in total. The molecule has 0 saturated carbocycles. The van der Waals surface area contributed by atoms with Crippen molar-refractivity contribution in [2.45, 2.75) is 0 Å². The number of aromatic amines is 1. The van der Waals surface area contributed by atoms with Gasteiger partial charge in [-0.25, -0.2) is 0 Å². The molecule has 102 valence electrons. The molecule has 0 aliphatic heterocycles. The SMILES string of the molecule is N#Cc1c(-c2ccc(Br)cc2)cc(-c2cccs2)[nH]c1=O. The van der Waals surface area contributed by atoms with Crippen molar-refractivity contribution in [2.24, 2.45) is 0 Å². The number of nitrogens with zero attached hydrogens (tertiary/aromatic N) is 1. The lowest BCUT2D eigenvalue weighted by Gasteiger charge is -2.07. The zero-order chi connectivity index (χ0) is 14.8.